The van der Waals surface area contributed by atoms with Gasteiger partial charge in [-0.2, -0.15) is 0 Å². The highest BCUT2D eigenvalue weighted by Gasteiger charge is 2.27. The van der Waals surface area contributed by atoms with E-state index >= 15 is 0 Å². The molecule has 4 heteroatoms. The summed E-state index contributed by atoms with van der Waals surface area (Å²) in [4.78, 5) is 15.8. The molecule has 0 fully saturated rings. The Balaban J connectivity index is 1.48. The van der Waals surface area contributed by atoms with Gasteiger partial charge in [0.1, 0.15) is 0 Å². The van der Waals surface area contributed by atoms with E-state index in [-0.39, 0.29) is 11.2 Å². The van der Waals surface area contributed by atoms with Crippen molar-refractivity contribution in [1.82, 2.24) is 5.32 Å². The average Bonchev–Trinajstić information content (AvgIpc) is 2.98. The van der Waals surface area contributed by atoms with Gasteiger partial charge in [0, 0.05) is 30.7 Å². The quantitative estimate of drug-likeness (QED) is 0.915. The van der Waals surface area contributed by atoms with Crippen LogP contribution in [0.15, 0.2) is 53.4 Å². The second kappa shape index (κ2) is 7.09. The third-order valence-corrected chi connectivity index (χ3v) is 5.43. The lowest BCUT2D eigenvalue weighted by molar-refractivity contribution is -0.120. The first-order valence-electron chi connectivity index (χ1n) is 7.93. The maximum atomic E-state index is 12.4. The molecule has 2 aromatic rings. The van der Waals surface area contributed by atoms with Crippen LogP contribution in [0, 0.1) is 6.92 Å². The molecule has 2 aromatic carbocycles. The van der Waals surface area contributed by atoms with Crippen LogP contribution in [0.5, 0.6) is 0 Å². The van der Waals surface area contributed by atoms with Gasteiger partial charge in [-0.05, 0) is 37.1 Å². The molecule has 0 aromatic heterocycles. The number of para-hydroxylation sites is 1. The van der Waals surface area contributed by atoms with E-state index in [1.807, 2.05) is 25.2 Å². The van der Waals surface area contributed by atoms with Gasteiger partial charge in [-0.25, -0.2) is 0 Å². The Labute approximate surface area is 142 Å². The molecule has 0 spiro atoms. The van der Waals surface area contributed by atoms with Crippen molar-refractivity contribution in [2.24, 2.45) is 0 Å². The summed E-state index contributed by atoms with van der Waals surface area (Å²) in [5.41, 5.74) is 3.71. The van der Waals surface area contributed by atoms with Crippen LogP contribution in [0.3, 0.4) is 0 Å². The summed E-state index contributed by atoms with van der Waals surface area (Å²) in [5.74, 6) is 0.144. The van der Waals surface area contributed by atoms with E-state index in [4.69, 9.17) is 0 Å². The minimum absolute atomic E-state index is 0.00818. The van der Waals surface area contributed by atoms with Crippen molar-refractivity contribution in [2.45, 2.75) is 23.5 Å². The van der Waals surface area contributed by atoms with E-state index < -0.39 is 0 Å². The summed E-state index contributed by atoms with van der Waals surface area (Å²) >= 11 is 1.69. The molecule has 1 heterocycles. The monoisotopic (exact) mass is 326 g/mol. The van der Waals surface area contributed by atoms with Gasteiger partial charge in [-0.1, -0.05) is 35.9 Å². The predicted octanol–water partition coefficient (Wildman–Crippen LogP) is 3.26. The summed E-state index contributed by atoms with van der Waals surface area (Å²) in [5, 5.41) is 3.08. The molecule has 0 saturated heterocycles. The molecular weight excluding hydrogens is 304 g/mol. The number of amides is 1. The zero-order chi connectivity index (χ0) is 16.2. The lowest BCUT2D eigenvalue weighted by Crippen LogP contribution is -2.37. The second-order valence-electron chi connectivity index (χ2n) is 5.97. The molecule has 0 saturated carbocycles. The third kappa shape index (κ3) is 3.88. The summed E-state index contributed by atoms with van der Waals surface area (Å²) in [7, 11) is 2.05. The molecule has 1 amide bonds. The zero-order valence-corrected chi connectivity index (χ0v) is 14.4. The van der Waals surface area contributed by atoms with Crippen molar-refractivity contribution in [2.75, 3.05) is 25.0 Å². The number of anilines is 1. The minimum atomic E-state index is 0.00818. The number of nitrogens with one attached hydrogen (secondary N) is 1. The van der Waals surface area contributed by atoms with Crippen molar-refractivity contribution in [3.63, 3.8) is 0 Å². The third-order valence-electron chi connectivity index (χ3n) is 4.13. The Morgan fingerprint density at radius 2 is 2.04 bits per heavy atom. The van der Waals surface area contributed by atoms with Crippen molar-refractivity contribution >= 4 is 23.4 Å². The maximum Gasteiger partial charge on any atom is 0.233 e. The fourth-order valence-electron chi connectivity index (χ4n) is 2.75. The summed E-state index contributed by atoms with van der Waals surface area (Å²) in [6.45, 7) is 3.56. The molecule has 0 bridgehead atoms. The molecule has 3 rings (SSSR count). The summed E-state index contributed by atoms with van der Waals surface area (Å²) in [6.07, 6.45) is 0.834. The van der Waals surface area contributed by atoms with E-state index in [1.54, 1.807) is 11.8 Å². The van der Waals surface area contributed by atoms with Crippen LogP contribution < -0.4 is 10.2 Å². The minimum Gasteiger partial charge on any atom is -0.373 e. The number of rotatable bonds is 5. The van der Waals surface area contributed by atoms with Gasteiger partial charge in [0.05, 0.1) is 5.25 Å². The normalized spacial score (nSPS) is 16.0. The van der Waals surface area contributed by atoms with E-state index in [0.717, 1.165) is 13.0 Å². The Kier molecular flexibility index (Phi) is 4.91. The first kappa shape index (κ1) is 15.9. The highest BCUT2D eigenvalue weighted by atomic mass is 32.2. The summed E-state index contributed by atoms with van der Waals surface area (Å²) < 4.78 is 0. The lowest BCUT2D eigenvalue weighted by atomic mass is 10.1. The van der Waals surface area contributed by atoms with Crippen LogP contribution in [-0.2, 0) is 11.2 Å². The number of likely N-dealkylation sites (N-methyl/N-ethyl adjacent to an activating group) is 1. The number of fused-ring (bicyclic) bond motifs is 1. The fraction of sp³-hybridized carbons (Fsp3) is 0.316. The number of nitrogens with zero attached hydrogens (tertiary/aromatic N) is 1. The number of carbonyl (C=O) groups excluding carboxylic acids is 1. The maximum absolute atomic E-state index is 12.4. The van der Waals surface area contributed by atoms with Gasteiger partial charge in [-0.15, -0.1) is 11.8 Å². The van der Waals surface area contributed by atoms with E-state index in [1.165, 1.54) is 21.7 Å². The van der Waals surface area contributed by atoms with Gasteiger partial charge in [0.25, 0.3) is 0 Å². The Bertz CT molecular complexity index is 687. The highest BCUT2D eigenvalue weighted by Crippen LogP contribution is 2.37. The van der Waals surface area contributed by atoms with Crippen LogP contribution in [-0.4, -0.2) is 31.3 Å². The smallest absolute Gasteiger partial charge is 0.233 e. The van der Waals surface area contributed by atoms with Gasteiger partial charge in [0.2, 0.25) is 5.91 Å². The van der Waals surface area contributed by atoms with Gasteiger partial charge < -0.3 is 10.2 Å². The molecule has 1 aliphatic heterocycles. The fourth-order valence-corrected chi connectivity index (χ4v) is 4.07. The second-order valence-corrected chi connectivity index (χ2v) is 7.21. The van der Waals surface area contributed by atoms with Crippen molar-refractivity contribution in [3.8, 4) is 0 Å². The van der Waals surface area contributed by atoms with E-state index in [0.29, 0.717) is 6.54 Å². The SMILES string of the molecule is Cc1ccc2c(c1)SC(C(=O)NCCN(C)c1ccccc1)C2. The first-order chi connectivity index (χ1) is 11.1. The van der Waals surface area contributed by atoms with Crippen LogP contribution in [0.2, 0.25) is 0 Å². The Morgan fingerprint density at radius 3 is 2.83 bits per heavy atom. The van der Waals surface area contributed by atoms with Gasteiger partial charge >= 0.3 is 0 Å². The van der Waals surface area contributed by atoms with Crippen LogP contribution in [0.4, 0.5) is 5.69 Å². The van der Waals surface area contributed by atoms with E-state index in [2.05, 4.69) is 47.5 Å². The molecule has 0 aliphatic carbocycles. The Morgan fingerprint density at radius 1 is 1.26 bits per heavy atom. The molecule has 0 radical (unpaired) electrons. The topological polar surface area (TPSA) is 32.3 Å². The molecule has 1 aliphatic rings. The molecule has 1 unspecified atom stereocenters. The molecule has 1 atom stereocenters. The van der Waals surface area contributed by atoms with Crippen molar-refractivity contribution < 1.29 is 4.79 Å². The standard InChI is InChI=1S/C19H22N2OS/c1-14-8-9-15-13-18(23-17(15)12-14)19(22)20-10-11-21(2)16-6-4-3-5-7-16/h3-9,12,18H,10-11,13H2,1-2H3,(H,20,22). The molecule has 23 heavy (non-hydrogen) atoms. The lowest BCUT2D eigenvalue weighted by Gasteiger charge is -2.20. The Hall–Kier alpha value is -1.94. The number of hydrogen-bond donors (Lipinski definition) is 1. The largest absolute Gasteiger partial charge is 0.373 e. The van der Waals surface area contributed by atoms with Crippen molar-refractivity contribution in [1.29, 1.82) is 0 Å². The molecular formula is C19H22N2OS. The van der Waals surface area contributed by atoms with E-state index in [9.17, 15) is 4.79 Å². The predicted molar refractivity (Wildman–Crippen MR) is 97.2 cm³/mol. The number of benzene rings is 2. The average molecular weight is 326 g/mol. The van der Waals surface area contributed by atoms with Crippen LogP contribution in [0.25, 0.3) is 0 Å². The van der Waals surface area contributed by atoms with Gasteiger partial charge in [-0.3, -0.25) is 4.79 Å². The number of carbonyl (C=O) groups is 1. The number of hydrogen-bond acceptors (Lipinski definition) is 3. The van der Waals surface area contributed by atoms with Crippen LogP contribution >= 0.6 is 11.8 Å². The highest BCUT2D eigenvalue weighted by molar-refractivity contribution is 8.01. The van der Waals surface area contributed by atoms with Crippen LogP contribution in [0.1, 0.15) is 11.1 Å². The molecule has 3 nitrogen and oxygen atoms in total. The number of thioether (sulfide) groups is 1. The molecule has 120 valence electrons. The number of aryl methyl sites for hydroxylation is 1. The van der Waals surface area contributed by atoms with Crippen molar-refractivity contribution in [3.05, 3.63) is 59.7 Å². The summed E-state index contributed by atoms with van der Waals surface area (Å²) in [6, 6.07) is 16.7. The first-order valence-corrected chi connectivity index (χ1v) is 8.81. The zero-order valence-electron chi connectivity index (χ0n) is 13.6. The molecule has 1 N–H and O–H groups in total. The van der Waals surface area contributed by atoms with Gasteiger partial charge in [0.15, 0.2) is 0 Å².